The van der Waals surface area contributed by atoms with E-state index in [4.69, 9.17) is 9.47 Å². The first-order valence-corrected chi connectivity index (χ1v) is 11.3. The fourth-order valence-corrected chi connectivity index (χ4v) is 4.99. The van der Waals surface area contributed by atoms with Crippen molar-refractivity contribution in [3.63, 3.8) is 0 Å². The molecule has 1 aromatic rings. The van der Waals surface area contributed by atoms with Crippen LogP contribution in [0.5, 0.6) is 11.5 Å². The Bertz CT molecular complexity index is 789. The van der Waals surface area contributed by atoms with Crippen molar-refractivity contribution >= 4 is 11.9 Å². The van der Waals surface area contributed by atoms with E-state index in [1.807, 2.05) is 24.9 Å². The van der Waals surface area contributed by atoms with Crippen molar-refractivity contribution in [3.8, 4) is 11.5 Å². The zero-order valence-electron chi connectivity index (χ0n) is 18.2. The summed E-state index contributed by atoms with van der Waals surface area (Å²) in [6.07, 6.45) is 7.59. The van der Waals surface area contributed by atoms with Crippen LogP contribution in [-0.2, 0) is 10.2 Å². The van der Waals surface area contributed by atoms with Gasteiger partial charge in [0.2, 0.25) is 12.7 Å². The first-order chi connectivity index (χ1) is 14.6. The van der Waals surface area contributed by atoms with Gasteiger partial charge in [-0.05, 0) is 37.0 Å². The molecule has 2 heterocycles. The molecule has 4 rings (SSSR count). The van der Waals surface area contributed by atoms with Crippen LogP contribution < -0.4 is 20.1 Å². The predicted molar refractivity (Wildman–Crippen MR) is 117 cm³/mol. The lowest BCUT2D eigenvalue weighted by atomic mass is 9.69. The summed E-state index contributed by atoms with van der Waals surface area (Å²) in [6, 6.07) is 6.65. The number of guanidine groups is 1. The van der Waals surface area contributed by atoms with Crippen molar-refractivity contribution in [2.45, 2.75) is 63.3 Å². The van der Waals surface area contributed by atoms with E-state index in [1.165, 1.54) is 24.8 Å². The minimum absolute atomic E-state index is 0.0662. The molecule has 1 unspecified atom stereocenters. The largest absolute Gasteiger partial charge is 0.454 e. The van der Waals surface area contributed by atoms with Crippen LogP contribution >= 0.6 is 0 Å². The monoisotopic (exact) mass is 414 g/mol. The molecule has 1 amide bonds. The van der Waals surface area contributed by atoms with E-state index < -0.39 is 0 Å². The number of aliphatic imine (C=N–C) groups is 1. The Morgan fingerprint density at radius 1 is 1.23 bits per heavy atom. The lowest BCUT2D eigenvalue weighted by Gasteiger charge is -2.38. The number of amides is 1. The van der Waals surface area contributed by atoms with Crippen molar-refractivity contribution in [2.24, 2.45) is 4.99 Å². The van der Waals surface area contributed by atoms with Crippen LogP contribution in [0, 0.1) is 0 Å². The summed E-state index contributed by atoms with van der Waals surface area (Å²) in [5.74, 6) is 2.73. The molecule has 0 spiro atoms. The van der Waals surface area contributed by atoms with E-state index in [9.17, 15) is 4.79 Å². The minimum atomic E-state index is 0.0662. The molecule has 1 atom stereocenters. The van der Waals surface area contributed by atoms with Gasteiger partial charge in [0, 0.05) is 44.6 Å². The molecule has 1 saturated heterocycles. The van der Waals surface area contributed by atoms with E-state index in [0.717, 1.165) is 56.4 Å². The second-order valence-corrected chi connectivity index (χ2v) is 8.66. The highest BCUT2D eigenvalue weighted by molar-refractivity contribution is 5.80. The van der Waals surface area contributed by atoms with E-state index in [1.54, 1.807) is 0 Å². The van der Waals surface area contributed by atoms with Crippen LogP contribution in [0.1, 0.15) is 57.4 Å². The number of benzene rings is 1. The lowest BCUT2D eigenvalue weighted by molar-refractivity contribution is -0.129. The first kappa shape index (κ1) is 20.8. The van der Waals surface area contributed by atoms with E-state index >= 15 is 0 Å². The summed E-state index contributed by atoms with van der Waals surface area (Å²) in [5, 5.41) is 7.12. The van der Waals surface area contributed by atoms with Crippen molar-refractivity contribution in [1.29, 1.82) is 0 Å². The normalized spacial score (nSPS) is 22.8. The standard InChI is InChI=1S/C23H34N4O3/c1-3-21(28)27-12-9-18(14-27)26-22(24-2)25-15-23(10-5-4-6-11-23)17-7-8-19-20(13-17)30-16-29-19/h7-8,13,18H,3-6,9-12,14-16H2,1-2H3,(H2,24,25,26). The first-order valence-electron chi connectivity index (χ1n) is 11.3. The Morgan fingerprint density at radius 2 is 2.03 bits per heavy atom. The third-order valence-electron chi connectivity index (χ3n) is 6.80. The van der Waals surface area contributed by atoms with Crippen LogP contribution in [0.25, 0.3) is 0 Å². The van der Waals surface area contributed by atoms with Gasteiger partial charge in [-0.3, -0.25) is 9.79 Å². The number of carbonyl (C=O) groups is 1. The van der Waals surface area contributed by atoms with Gasteiger partial charge in [-0.15, -0.1) is 0 Å². The van der Waals surface area contributed by atoms with Crippen LogP contribution in [-0.4, -0.2) is 56.3 Å². The zero-order valence-corrected chi connectivity index (χ0v) is 18.2. The third kappa shape index (κ3) is 4.35. The van der Waals surface area contributed by atoms with Gasteiger partial charge in [0.05, 0.1) is 0 Å². The smallest absolute Gasteiger partial charge is 0.231 e. The number of nitrogens with one attached hydrogen (secondary N) is 2. The number of hydrogen-bond acceptors (Lipinski definition) is 4. The highest BCUT2D eigenvalue weighted by atomic mass is 16.7. The molecule has 7 nitrogen and oxygen atoms in total. The van der Waals surface area contributed by atoms with Crippen molar-refractivity contribution < 1.29 is 14.3 Å². The lowest BCUT2D eigenvalue weighted by Crippen LogP contribution is -2.49. The molecule has 1 aromatic carbocycles. The van der Waals surface area contributed by atoms with Gasteiger partial charge in [-0.2, -0.15) is 0 Å². The summed E-state index contributed by atoms with van der Waals surface area (Å²) in [7, 11) is 1.81. The second-order valence-electron chi connectivity index (χ2n) is 8.66. The maximum Gasteiger partial charge on any atom is 0.231 e. The fourth-order valence-electron chi connectivity index (χ4n) is 4.99. The molecule has 7 heteroatoms. The molecule has 2 aliphatic heterocycles. The molecular weight excluding hydrogens is 380 g/mol. The molecule has 1 aliphatic carbocycles. The number of rotatable bonds is 5. The summed E-state index contributed by atoms with van der Waals surface area (Å²) < 4.78 is 11.1. The molecule has 2 fully saturated rings. The number of fused-ring (bicyclic) bond motifs is 1. The Kier molecular flexibility index (Phi) is 6.35. The van der Waals surface area contributed by atoms with Gasteiger partial charge in [0.1, 0.15) is 0 Å². The molecule has 164 valence electrons. The summed E-state index contributed by atoms with van der Waals surface area (Å²) in [4.78, 5) is 18.4. The van der Waals surface area contributed by atoms with Gasteiger partial charge >= 0.3 is 0 Å². The molecule has 1 saturated carbocycles. The maximum absolute atomic E-state index is 12.0. The highest BCUT2D eigenvalue weighted by Gasteiger charge is 2.35. The SMILES string of the molecule is CCC(=O)N1CCC(NC(=NC)NCC2(c3ccc4c(c3)OCO4)CCCCC2)C1. The molecular formula is C23H34N4O3. The summed E-state index contributed by atoms with van der Waals surface area (Å²) in [6.45, 7) is 4.63. The molecule has 3 aliphatic rings. The van der Waals surface area contributed by atoms with Crippen LogP contribution in [0.2, 0.25) is 0 Å². The Morgan fingerprint density at radius 3 is 2.80 bits per heavy atom. The van der Waals surface area contributed by atoms with Crippen LogP contribution in [0.3, 0.4) is 0 Å². The third-order valence-corrected chi connectivity index (χ3v) is 6.80. The predicted octanol–water partition coefficient (Wildman–Crippen LogP) is 2.79. The molecule has 0 aromatic heterocycles. The average molecular weight is 415 g/mol. The van der Waals surface area contributed by atoms with Gasteiger partial charge in [0.25, 0.3) is 0 Å². The topological polar surface area (TPSA) is 75.2 Å². The van der Waals surface area contributed by atoms with Gasteiger partial charge in [0.15, 0.2) is 17.5 Å². The Labute approximate surface area is 179 Å². The van der Waals surface area contributed by atoms with Crippen LogP contribution in [0.15, 0.2) is 23.2 Å². The van der Waals surface area contributed by atoms with Gasteiger partial charge < -0.3 is 25.0 Å². The van der Waals surface area contributed by atoms with Crippen molar-refractivity contribution in [2.75, 3.05) is 33.5 Å². The fraction of sp³-hybridized carbons (Fsp3) is 0.652. The van der Waals surface area contributed by atoms with Crippen LogP contribution in [0.4, 0.5) is 0 Å². The minimum Gasteiger partial charge on any atom is -0.454 e. The Balaban J connectivity index is 1.42. The molecule has 30 heavy (non-hydrogen) atoms. The Hall–Kier alpha value is -2.44. The number of ether oxygens (including phenoxy) is 2. The number of nitrogens with zero attached hydrogens (tertiary/aromatic N) is 2. The van der Waals surface area contributed by atoms with Gasteiger partial charge in [-0.25, -0.2) is 0 Å². The quantitative estimate of drug-likeness (QED) is 0.572. The number of hydrogen-bond donors (Lipinski definition) is 2. The van der Waals surface area contributed by atoms with Crippen molar-refractivity contribution in [1.82, 2.24) is 15.5 Å². The molecule has 0 radical (unpaired) electrons. The molecule has 2 N–H and O–H groups in total. The average Bonchev–Trinajstić information content (AvgIpc) is 3.45. The zero-order chi connectivity index (χ0) is 21.0. The van der Waals surface area contributed by atoms with E-state index in [0.29, 0.717) is 13.2 Å². The van der Waals surface area contributed by atoms with Crippen molar-refractivity contribution in [3.05, 3.63) is 23.8 Å². The summed E-state index contributed by atoms with van der Waals surface area (Å²) >= 11 is 0. The molecule has 0 bridgehead atoms. The van der Waals surface area contributed by atoms with E-state index in [2.05, 4.69) is 27.8 Å². The second kappa shape index (κ2) is 9.14. The summed E-state index contributed by atoms with van der Waals surface area (Å²) in [5.41, 5.74) is 1.38. The maximum atomic E-state index is 12.0. The highest BCUT2D eigenvalue weighted by Crippen LogP contribution is 2.43. The van der Waals surface area contributed by atoms with Gasteiger partial charge in [-0.1, -0.05) is 32.3 Å². The number of carbonyl (C=O) groups excluding carboxylic acids is 1. The number of likely N-dealkylation sites (tertiary alicyclic amines) is 1. The van der Waals surface area contributed by atoms with E-state index in [-0.39, 0.29) is 17.4 Å².